The Hall–Kier alpha value is -4.05. The highest BCUT2D eigenvalue weighted by atomic mass is 32.2. The minimum Gasteiger partial charge on any atom is -0.322 e. The first kappa shape index (κ1) is 22.2. The minimum absolute atomic E-state index is 0.186. The van der Waals surface area contributed by atoms with Gasteiger partial charge in [0.05, 0.1) is 28.0 Å². The van der Waals surface area contributed by atoms with Gasteiger partial charge in [0.1, 0.15) is 0 Å². The Morgan fingerprint density at radius 2 is 1.58 bits per heavy atom. The van der Waals surface area contributed by atoms with Crippen molar-refractivity contribution in [1.29, 1.82) is 0 Å². The van der Waals surface area contributed by atoms with Crippen LogP contribution >= 0.6 is 0 Å². The highest BCUT2D eigenvalue weighted by Gasteiger charge is 2.18. The van der Waals surface area contributed by atoms with E-state index in [1.807, 2.05) is 30.3 Å². The summed E-state index contributed by atoms with van der Waals surface area (Å²) < 4.78 is 55.2. The highest BCUT2D eigenvalue weighted by molar-refractivity contribution is 7.92. The fraction of sp³-hybridized carbons (Fsp3) is 0.0435. The van der Waals surface area contributed by atoms with Gasteiger partial charge >= 0.3 is 0 Å². The molecule has 7 nitrogen and oxygen atoms in total. The number of rotatable bonds is 6. The average molecular weight is 468 g/mol. The van der Waals surface area contributed by atoms with Crippen molar-refractivity contribution in [2.75, 3.05) is 10.0 Å². The molecule has 2 N–H and O–H groups in total. The molecule has 0 aliphatic rings. The number of nitrogens with zero attached hydrogens (tertiary/aromatic N) is 2. The summed E-state index contributed by atoms with van der Waals surface area (Å²) in [5.74, 6) is -2.77. The van der Waals surface area contributed by atoms with E-state index in [-0.39, 0.29) is 11.6 Å². The third-order valence-corrected chi connectivity index (χ3v) is 6.23. The molecule has 4 rings (SSSR count). The lowest BCUT2D eigenvalue weighted by molar-refractivity contribution is 0.102. The summed E-state index contributed by atoms with van der Waals surface area (Å²) in [5, 5.41) is 7.01. The van der Waals surface area contributed by atoms with E-state index in [1.165, 1.54) is 30.5 Å². The number of anilines is 2. The first-order valence-electron chi connectivity index (χ1n) is 9.74. The van der Waals surface area contributed by atoms with Crippen molar-refractivity contribution in [3.8, 4) is 5.69 Å². The van der Waals surface area contributed by atoms with Gasteiger partial charge in [-0.3, -0.25) is 9.52 Å². The topological polar surface area (TPSA) is 93.1 Å². The molecule has 0 fully saturated rings. The van der Waals surface area contributed by atoms with Gasteiger partial charge in [0.15, 0.2) is 11.6 Å². The molecule has 3 aromatic carbocycles. The summed E-state index contributed by atoms with van der Waals surface area (Å²) in [7, 11) is -4.12. The summed E-state index contributed by atoms with van der Waals surface area (Å²) in [6.45, 7) is 1.78. The molecule has 0 saturated heterocycles. The molecule has 0 unspecified atom stereocenters. The number of carbonyl (C=O) groups is 1. The maximum Gasteiger partial charge on any atom is 0.261 e. The van der Waals surface area contributed by atoms with E-state index in [2.05, 4.69) is 15.1 Å². The minimum atomic E-state index is -4.12. The van der Waals surface area contributed by atoms with Gasteiger partial charge in [-0.1, -0.05) is 18.2 Å². The molecule has 0 spiro atoms. The molecule has 0 radical (unpaired) electrons. The molecule has 0 aliphatic carbocycles. The zero-order valence-corrected chi connectivity index (χ0v) is 18.1. The zero-order chi connectivity index (χ0) is 23.6. The molecule has 0 saturated carbocycles. The standard InChI is InChI=1S/C23H18F2N4O3S/c1-15-20(14-26-29(15)18-5-3-2-4-6-18)23(30)27-16-7-9-17(10-8-16)28-33(31,32)19-11-12-21(24)22(25)13-19/h2-14,28H,1H3,(H,27,30). The molecule has 1 aromatic heterocycles. The van der Waals surface area contributed by atoms with Crippen LogP contribution in [0.1, 0.15) is 16.1 Å². The predicted octanol–water partition coefficient (Wildman–Crippen LogP) is 4.51. The maximum atomic E-state index is 13.4. The van der Waals surface area contributed by atoms with E-state index in [0.29, 0.717) is 23.0 Å². The van der Waals surface area contributed by atoms with Crippen molar-refractivity contribution in [1.82, 2.24) is 9.78 Å². The molecule has 4 aromatic rings. The van der Waals surface area contributed by atoms with Gasteiger partial charge in [0.25, 0.3) is 15.9 Å². The summed E-state index contributed by atoms with van der Waals surface area (Å²) in [6, 6.07) is 17.6. The fourth-order valence-corrected chi connectivity index (χ4v) is 4.21. The SMILES string of the molecule is Cc1c(C(=O)Nc2ccc(NS(=O)(=O)c3ccc(F)c(F)c3)cc2)cnn1-c1ccccc1. The van der Waals surface area contributed by atoms with Gasteiger partial charge in [0, 0.05) is 11.4 Å². The smallest absolute Gasteiger partial charge is 0.261 e. The predicted molar refractivity (Wildman–Crippen MR) is 120 cm³/mol. The molecule has 1 heterocycles. The third-order valence-electron chi connectivity index (χ3n) is 4.85. The van der Waals surface area contributed by atoms with Crippen LogP contribution in [0.3, 0.4) is 0 Å². The van der Waals surface area contributed by atoms with E-state index in [9.17, 15) is 22.0 Å². The lowest BCUT2D eigenvalue weighted by Crippen LogP contribution is -2.14. The number of carbonyl (C=O) groups excluding carboxylic acids is 1. The van der Waals surface area contributed by atoms with E-state index >= 15 is 0 Å². The molecule has 33 heavy (non-hydrogen) atoms. The normalized spacial score (nSPS) is 11.2. The monoisotopic (exact) mass is 468 g/mol. The zero-order valence-electron chi connectivity index (χ0n) is 17.3. The molecule has 168 valence electrons. The van der Waals surface area contributed by atoms with Gasteiger partial charge in [-0.15, -0.1) is 0 Å². The molecule has 10 heteroatoms. The Kier molecular flexibility index (Phi) is 5.93. The van der Waals surface area contributed by atoms with Crippen LogP contribution < -0.4 is 10.0 Å². The largest absolute Gasteiger partial charge is 0.322 e. The Balaban J connectivity index is 1.46. The van der Waals surface area contributed by atoms with Gasteiger partial charge in [-0.25, -0.2) is 21.9 Å². The second kappa shape index (κ2) is 8.83. The molecule has 1 amide bonds. The number of sulfonamides is 1. The summed E-state index contributed by atoms with van der Waals surface area (Å²) in [5.41, 5.74) is 2.50. The highest BCUT2D eigenvalue weighted by Crippen LogP contribution is 2.21. The van der Waals surface area contributed by atoms with Crippen LogP contribution in [0.5, 0.6) is 0 Å². The fourth-order valence-electron chi connectivity index (χ4n) is 3.14. The van der Waals surface area contributed by atoms with E-state index in [0.717, 1.165) is 17.8 Å². The molecule has 0 atom stereocenters. The second-order valence-electron chi connectivity index (χ2n) is 7.10. The van der Waals surface area contributed by atoms with Crippen LogP contribution in [0.2, 0.25) is 0 Å². The van der Waals surface area contributed by atoms with Crippen molar-refractivity contribution < 1.29 is 22.0 Å². The van der Waals surface area contributed by atoms with Crippen molar-refractivity contribution in [2.45, 2.75) is 11.8 Å². The summed E-state index contributed by atoms with van der Waals surface area (Å²) >= 11 is 0. The van der Waals surface area contributed by atoms with Crippen molar-refractivity contribution in [3.63, 3.8) is 0 Å². The number of nitrogens with one attached hydrogen (secondary N) is 2. The van der Waals surface area contributed by atoms with Crippen LogP contribution in [0.15, 0.2) is 83.9 Å². The van der Waals surface area contributed by atoms with Gasteiger partial charge in [-0.05, 0) is 61.5 Å². The second-order valence-corrected chi connectivity index (χ2v) is 8.79. The third kappa shape index (κ3) is 4.75. The number of hydrogen-bond donors (Lipinski definition) is 2. The number of para-hydroxylation sites is 1. The number of halogens is 2. The lowest BCUT2D eigenvalue weighted by atomic mass is 10.2. The summed E-state index contributed by atoms with van der Waals surface area (Å²) in [4.78, 5) is 12.3. The Labute approximate surface area is 188 Å². The van der Waals surface area contributed by atoms with Crippen LogP contribution in [0, 0.1) is 18.6 Å². The van der Waals surface area contributed by atoms with Crippen molar-refractivity contribution >= 4 is 27.3 Å². The van der Waals surface area contributed by atoms with Gasteiger partial charge < -0.3 is 5.32 Å². The van der Waals surface area contributed by atoms with Crippen molar-refractivity contribution in [3.05, 3.63) is 102 Å². The maximum absolute atomic E-state index is 13.4. The Morgan fingerprint density at radius 3 is 2.24 bits per heavy atom. The van der Waals surface area contributed by atoms with Crippen LogP contribution in [0.4, 0.5) is 20.2 Å². The van der Waals surface area contributed by atoms with Crippen LogP contribution in [-0.4, -0.2) is 24.1 Å². The molecule has 0 bridgehead atoms. The Morgan fingerprint density at radius 1 is 0.909 bits per heavy atom. The van der Waals surface area contributed by atoms with Gasteiger partial charge in [0.2, 0.25) is 0 Å². The molecular formula is C23H18F2N4O3S. The van der Waals surface area contributed by atoms with E-state index < -0.39 is 26.6 Å². The number of amides is 1. The van der Waals surface area contributed by atoms with Gasteiger partial charge in [-0.2, -0.15) is 5.10 Å². The van der Waals surface area contributed by atoms with E-state index in [1.54, 1.807) is 11.6 Å². The lowest BCUT2D eigenvalue weighted by Gasteiger charge is -2.10. The van der Waals surface area contributed by atoms with Crippen LogP contribution in [-0.2, 0) is 10.0 Å². The van der Waals surface area contributed by atoms with E-state index in [4.69, 9.17) is 0 Å². The molecule has 0 aliphatic heterocycles. The van der Waals surface area contributed by atoms with Crippen LogP contribution in [0.25, 0.3) is 5.69 Å². The first-order valence-corrected chi connectivity index (χ1v) is 11.2. The number of benzene rings is 3. The summed E-state index contributed by atoms with van der Waals surface area (Å²) in [6.07, 6.45) is 1.47. The van der Waals surface area contributed by atoms with Crippen molar-refractivity contribution in [2.24, 2.45) is 0 Å². The molecular weight excluding hydrogens is 450 g/mol. The quantitative estimate of drug-likeness (QED) is 0.435. The average Bonchev–Trinajstić information content (AvgIpc) is 3.18. The number of aromatic nitrogens is 2. The first-order chi connectivity index (χ1) is 15.7. The Bertz CT molecular complexity index is 1420. The number of hydrogen-bond acceptors (Lipinski definition) is 4.